The van der Waals surface area contributed by atoms with E-state index < -0.39 is 6.10 Å². The number of nitrogens with one attached hydrogen (secondary N) is 1. The van der Waals surface area contributed by atoms with E-state index in [4.69, 9.17) is 9.47 Å². The molecule has 0 saturated heterocycles. The molecule has 158 valence electrons. The van der Waals surface area contributed by atoms with Gasteiger partial charge < -0.3 is 19.7 Å². The monoisotopic (exact) mass is 416 g/mol. The fourth-order valence-corrected chi connectivity index (χ4v) is 3.49. The number of hydrogen-bond donors (Lipinski definition) is 1. The number of fused-ring (bicyclic) bond motifs is 1. The second kappa shape index (κ2) is 8.52. The lowest BCUT2D eigenvalue weighted by atomic mass is 10.1. The van der Waals surface area contributed by atoms with E-state index >= 15 is 0 Å². The predicted molar refractivity (Wildman–Crippen MR) is 120 cm³/mol. The van der Waals surface area contributed by atoms with Crippen LogP contribution in [0, 0.1) is 6.92 Å². The second-order valence-corrected chi connectivity index (χ2v) is 7.54. The fraction of sp³-hybridized carbons (Fsp3) is 0.200. The van der Waals surface area contributed by atoms with Crippen molar-refractivity contribution in [3.8, 4) is 11.5 Å². The zero-order chi connectivity index (χ0) is 22.0. The minimum absolute atomic E-state index is 0.121. The van der Waals surface area contributed by atoms with Crippen LogP contribution < -0.4 is 19.7 Å². The molecule has 0 fully saturated rings. The maximum absolute atomic E-state index is 12.9. The Kier molecular flexibility index (Phi) is 5.62. The Bertz CT molecular complexity index is 1120. The first-order valence-corrected chi connectivity index (χ1v) is 10.1. The molecule has 1 atom stereocenters. The molecular weight excluding hydrogens is 392 g/mol. The average molecular weight is 416 g/mol. The van der Waals surface area contributed by atoms with Crippen molar-refractivity contribution in [2.45, 2.75) is 26.5 Å². The zero-order valence-electron chi connectivity index (χ0n) is 17.7. The number of anilines is 2. The number of carbonyl (C=O) groups is 2. The van der Waals surface area contributed by atoms with E-state index in [-0.39, 0.29) is 11.8 Å². The highest BCUT2D eigenvalue weighted by atomic mass is 16.5. The summed E-state index contributed by atoms with van der Waals surface area (Å²) in [5.74, 6) is 0.832. The van der Waals surface area contributed by atoms with Gasteiger partial charge in [0.25, 0.3) is 11.8 Å². The summed E-state index contributed by atoms with van der Waals surface area (Å²) in [6.45, 7) is 4.19. The van der Waals surface area contributed by atoms with Crippen molar-refractivity contribution >= 4 is 23.2 Å². The summed E-state index contributed by atoms with van der Waals surface area (Å²) in [5, 5.41) is 2.89. The van der Waals surface area contributed by atoms with Gasteiger partial charge in [-0.1, -0.05) is 35.9 Å². The fourth-order valence-electron chi connectivity index (χ4n) is 3.49. The van der Waals surface area contributed by atoms with Crippen molar-refractivity contribution in [3.63, 3.8) is 0 Å². The Morgan fingerprint density at radius 2 is 1.87 bits per heavy atom. The largest absolute Gasteiger partial charge is 0.497 e. The lowest BCUT2D eigenvalue weighted by molar-refractivity contribution is -0.125. The number of carbonyl (C=O) groups excluding carboxylic acids is 2. The molecule has 0 aromatic heterocycles. The maximum Gasteiger partial charge on any atom is 0.268 e. The van der Waals surface area contributed by atoms with Crippen LogP contribution in [0.3, 0.4) is 0 Å². The lowest BCUT2D eigenvalue weighted by Crippen LogP contribution is -2.44. The molecule has 6 nitrogen and oxygen atoms in total. The summed E-state index contributed by atoms with van der Waals surface area (Å²) in [6, 6.07) is 20.3. The standard InChI is InChI=1S/C25H24N2O4/c1-16-7-9-18(10-8-16)15-27-22-14-20(11-12-23(22)31-17(2)25(27)29)26-24(28)19-5-4-6-21(13-19)30-3/h4-14,17H,15H2,1-3H3,(H,26,28). The Labute approximate surface area is 181 Å². The molecule has 31 heavy (non-hydrogen) atoms. The van der Waals surface area contributed by atoms with Crippen LogP contribution in [0.4, 0.5) is 11.4 Å². The maximum atomic E-state index is 12.9. The third-order valence-electron chi connectivity index (χ3n) is 5.22. The van der Waals surface area contributed by atoms with Gasteiger partial charge >= 0.3 is 0 Å². The van der Waals surface area contributed by atoms with E-state index in [1.165, 1.54) is 0 Å². The molecule has 0 saturated carbocycles. The van der Waals surface area contributed by atoms with Crippen LogP contribution in [0.1, 0.15) is 28.4 Å². The van der Waals surface area contributed by atoms with Crippen LogP contribution in [0.15, 0.2) is 66.7 Å². The van der Waals surface area contributed by atoms with Crippen LogP contribution in [0.2, 0.25) is 0 Å². The van der Waals surface area contributed by atoms with Gasteiger partial charge in [0.05, 0.1) is 19.3 Å². The van der Waals surface area contributed by atoms with Gasteiger partial charge in [-0.15, -0.1) is 0 Å². The summed E-state index contributed by atoms with van der Waals surface area (Å²) in [6.07, 6.45) is -0.574. The van der Waals surface area contributed by atoms with Crippen LogP contribution in [-0.4, -0.2) is 25.0 Å². The topological polar surface area (TPSA) is 67.9 Å². The van der Waals surface area contributed by atoms with Crippen molar-refractivity contribution in [1.29, 1.82) is 0 Å². The molecule has 4 rings (SSSR count). The number of ether oxygens (including phenoxy) is 2. The van der Waals surface area contributed by atoms with Crippen molar-refractivity contribution < 1.29 is 19.1 Å². The van der Waals surface area contributed by atoms with Gasteiger partial charge in [-0.05, 0) is 55.8 Å². The first-order chi connectivity index (χ1) is 14.9. The van der Waals surface area contributed by atoms with E-state index in [0.717, 1.165) is 11.1 Å². The predicted octanol–water partition coefficient (Wildman–Crippen LogP) is 4.57. The van der Waals surface area contributed by atoms with Gasteiger partial charge in [0.15, 0.2) is 6.10 Å². The molecule has 1 aliphatic rings. The molecular formula is C25H24N2O4. The van der Waals surface area contributed by atoms with Gasteiger partial charge in [0.2, 0.25) is 0 Å². The molecule has 0 bridgehead atoms. The highest BCUT2D eigenvalue weighted by Gasteiger charge is 2.31. The van der Waals surface area contributed by atoms with E-state index in [1.54, 1.807) is 61.4 Å². The van der Waals surface area contributed by atoms with E-state index in [0.29, 0.717) is 35.0 Å². The first kappa shape index (κ1) is 20.5. The molecule has 1 unspecified atom stereocenters. The molecule has 6 heteroatoms. The first-order valence-electron chi connectivity index (χ1n) is 10.1. The molecule has 1 aliphatic heterocycles. The second-order valence-electron chi connectivity index (χ2n) is 7.54. The number of aryl methyl sites for hydroxylation is 1. The van der Waals surface area contributed by atoms with Crippen molar-refractivity contribution in [3.05, 3.63) is 83.4 Å². The van der Waals surface area contributed by atoms with Crippen LogP contribution in [0.25, 0.3) is 0 Å². The van der Waals surface area contributed by atoms with Crippen molar-refractivity contribution in [1.82, 2.24) is 0 Å². The summed E-state index contributed by atoms with van der Waals surface area (Å²) < 4.78 is 11.0. The minimum Gasteiger partial charge on any atom is -0.497 e. The van der Waals surface area contributed by atoms with Gasteiger partial charge in [0.1, 0.15) is 11.5 Å². The van der Waals surface area contributed by atoms with Gasteiger partial charge in [0, 0.05) is 11.3 Å². The van der Waals surface area contributed by atoms with E-state index in [1.807, 2.05) is 31.2 Å². The van der Waals surface area contributed by atoms with Crippen LogP contribution in [0.5, 0.6) is 11.5 Å². The van der Waals surface area contributed by atoms with Gasteiger partial charge in [-0.2, -0.15) is 0 Å². The Balaban J connectivity index is 1.61. The van der Waals surface area contributed by atoms with Gasteiger partial charge in [-0.3, -0.25) is 9.59 Å². The molecule has 3 aromatic carbocycles. The molecule has 3 aromatic rings. The van der Waals surface area contributed by atoms with Crippen LogP contribution in [-0.2, 0) is 11.3 Å². The molecule has 1 heterocycles. The molecule has 0 aliphatic carbocycles. The van der Waals surface area contributed by atoms with E-state index in [2.05, 4.69) is 5.32 Å². The summed E-state index contributed by atoms with van der Waals surface area (Å²) in [7, 11) is 1.56. The summed E-state index contributed by atoms with van der Waals surface area (Å²) in [4.78, 5) is 27.3. The summed E-state index contributed by atoms with van der Waals surface area (Å²) >= 11 is 0. The summed E-state index contributed by atoms with van der Waals surface area (Å²) in [5.41, 5.74) is 3.87. The molecule has 2 amide bonds. The number of rotatable bonds is 5. The Hall–Kier alpha value is -3.80. The highest BCUT2D eigenvalue weighted by Crippen LogP contribution is 2.37. The minimum atomic E-state index is -0.574. The lowest BCUT2D eigenvalue weighted by Gasteiger charge is -2.33. The molecule has 1 N–H and O–H groups in total. The van der Waals surface area contributed by atoms with Crippen molar-refractivity contribution in [2.24, 2.45) is 0 Å². The number of hydrogen-bond acceptors (Lipinski definition) is 4. The SMILES string of the molecule is COc1cccc(C(=O)Nc2ccc3c(c2)N(Cc2ccc(C)cc2)C(=O)C(C)O3)c1. The van der Waals surface area contributed by atoms with Crippen LogP contribution >= 0.6 is 0 Å². The third-order valence-corrected chi connectivity index (χ3v) is 5.22. The Morgan fingerprint density at radius 3 is 2.61 bits per heavy atom. The normalized spacial score (nSPS) is 15.1. The quantitative estimate of drug-likeness (QED) is 0.662. The smallest absolute Gasteiger partial charge is 0.268 e. The van der Waals surface area contributed by atoms with Crippen molar-refractivity contribution in [2.75, 3.05) is 17.3 Å². The number of nitrogens with zero attached hydrogens (tertiary/aromatic N) is 1. The number of methoxy groups -OCH3 is 1. The average Bonchev–Trinajstić information content (AvgIpc) is 2.78. The highest BCUT2D eigenvalue weighted by molar-refractivity contribution is 6.06. The molecule has 0 radical (unpaired) electrons. The number of benzene rings is 3. The van der Waals surface area contributed by atoms with Gasteiger partial charge in [-0.25, -0.2) is 0 Å². The van der Waals surface area contributed by atoms with E-state index in [9.17, 15) is 9.59 Å². The third kappa shape index (κ3) is 4.38. The number of amides is 2. The Morgan fingerprint density at radius 1 is 1.10 bits per heavy atom. The zero-order valence-corrected chi connectivity index (χ0v) is 17.7. The molecule has 0 spiro atoms.